The second-order valence-corrected chi connectivity index (χ2v) is 5.03. The third-order valence-corrected chi connectivity index (χ3v) is 3.72. The third kappa shape index (κ3) is 3.25. The smallest absolute Gasteiger partial charge is 0.293 e. The molecule has 6 heteroatoms. The highest BCUT2D eigenvalue weighted by molar-refractivity contribution is 5.64. The van der Waals surface area contributed by atoms with E-state index in [2.05, 4.69) is 17.1 Å². The molecule has 1 N–H and O–H groups in total. The van der Waals surface area contributed by atoms with Crippen molar-refractivity contribution in [2.75, 3.05) is 31.5 Å². The Morgan fingerprint density at radius 1 is 1.60 bits per heavy atom. The minimum atomic E-state index is -0.448. The Morgan fingerprint density at radius 2 is 2.40 bits per heavy atom. The second-order valence-electron chi connectivity index (χ2n) is 5.03. The number of nitro groups is 1. The maximum atomic E-state index is 11.0. The van der Waals surface area contributed by atoms with Gasteiger partial charge in [0.25, 0.3) is 5.69 Å². The lowest BCUT2D eigenvalue weighted by atomic mass is 10.1. The molecule has 1 unspecified atom stereocenters. The molecular weight excluding hydrogens is 256 g/mol. The van der Waals surface area contributed by atoms with Gasteiger partial charge in [-0.3, -0.25) is 10.1 Å². The standard InChI is InChI=1S/C14H18N4O2/c1-2-17-6-5-12(10-17)9-16-13-4-3-11(8-15)7-14(13)18(19)20/h3-4,7,12,16H,2,5-6,9-10H2,1H3. The summed E-state index contributed by atoms with van der Waals surface area (Å²) in [7, 11) is 0. The minimum Gasteiger partial charge on any atom is -0.379 e. The van der Waals surface area contributed by atoms with Crippen LogP contribution < -0.4 is 5.32 Å². The molecule has 1 fully saturated rings. The van der Waals surface area contributed by atoms with Crippen LogP contribution in [0.2, 0.25) is 0 Å². The van der Waals surface area contributed by atoms with Crippen molar-refractivity contribution in [1.29, 1.82) is 5.26 Å². The van der Waals surface area contributed by atoms with E-state index in [1.807, 2.05) is 6.07 Å². The number of nitrogens with zero attached hydrogens (tertiary/aromatic N) is 3. The van der Waals surface area contributed by atoms with Crippen LogP contribution in [-0.4, -0.2) is 36.0 Å². The van der Waals surface area contributed by atoms with Crippen molar-refractivity contribution >= 4 is 11.4 Å². The zero-order chi connectivity index (χ0) is 14.5. The van der Waals surface area contributed by atoms with Crippen molar-refractivity contribution < 1.29 is 4.92 Å². The van der Waals surface area contributed by atoms with Gasteiger partial charge in [-0.25, -0.2) is 0 Å². The summed E-state index contributed by atoms with van der Waals surface area (Å²) in [5, 5.41) is 23.0. The van der Waals surface area contributed by atoms with Crippen molar-refractivity contribution in [1.82, 2.24) is 4.90 Å². The number of nitrogens with one attached hydrogen (secondary N) is 1. The van der Waals surface area contributed by atoms with Crippen molar-refractivity contribution in [2.45, 2.75) is 13.3 Å². The highest BCUT2D eigenvalue weighted by Gasteiger charge is 2.22. The van der Waals surface area contributed by atoms with E-state index in [9.17, 15) is 10.1 Å². The summed E-state index contributed by atoms with van der Waals surface area (Å²) in [5.41, 5.74) is 0.763. The van der Waals surface area contributed by atoms with Crippen molar-refractivity contribution in [2.24, 2.45) is 5.92 Å². The number of rotatable bonds is 5. The molecular formula is C14H18N4O2. The Bertz CT molecular complexity index is 538. The third-order valence-electron chi connectivity index (χ3n) is 3.72. The molecule has 1 atom stereocenters. The fraction of sp³-hybridized carbons (Fsp3) is 0.500. The number of hydrogen-bond acceptors (Lipinski definition) is 5. The molecule has 0 aliphatic carbocycles. The predicted molar refractivity (Wildman–Crippen MR) is 76.5 cm³/mol. The second kappa shape index (κ2) is 6.35. The minimum absolute atomic E-state index is 0.0330. The monoisotopic (exact) mass is 274 g/mol. The van der Waals surface area contributed by atoms with Gasteiger partial charge in [-0.2, -0.15) is 5.26 Å². The Kier molecular flexibility index (Phi) is 4.53. The quantitative estimate of drug-likeness (QED) is 0.657. The van der Waals surface area contributed by atoms with Crippen molar-refractivity contribution in [3.63, 3.8) is 0 Å². The Morgan fingerprint density at radius 3 is 3.00 bits per heavy atom. The number of likely N-dealkylation sites (tertiary alicyclic amines) is 1. The highest BCUT2D eigenvalue weighted by Crippen LogP contribution is 2.26. The summed E-state index contributed by atoms with van der Waals surface area (Å²) >= 11 is 0. The summed E-state index contributed by atoms with van der Waals surface area (Å²) in [6.45, 7) is 6.05. The average molecular weight is 274 g/mol. The molecule has 1 aliphatic heterocycles. The van der Waals surface area contributed by atoms with E-state index in [-0.39, 0.29) is 5.69 Å². The van der Waals surface area contributed by atoms with Crippen molar-refractivity contribution in [3.05, 3.63) is 33.9 Å². The van der Waals surface area contributed by atoms with Crippen LogP contribution in [0.1, 0.15) is 18.9 Å². The van der Waals surface area contributed by atoms with E-state index in [1.165, 1.54) is 6.07 Å². The first-order chi connectivity index (χ1) is 9.63. The number of benzene rings is 1. The molecule has 0 radical (unpaired) electrons. The summed E-state index contributed by atoms with van der Waals surface area (Å²) in [4.78, 5) is 13.0. The van der Waals surface area contributed by atoms with E-state index >= 15 is 0 Å². The molecule has 2 rings (SSSR count). The summed E-state index contributed by atoms with van der Waals surface area (Å²) in [5.74, 6) is 0.519. The lowest BCUT2D eigenvalue weighted by Gasteiger charge is -2.14. The molecule has 1 saturated heterocycles. The molecule has 0 aromatic heterocycles. The first-order valence-electron chi connectivity index (χ1n) is 6.78. The van der Waals surface area contributed by atoms with Gasteiger partial charge in [0.15, 0.2) is 0 Å². The van der Waals surface area contributed by atoms with Crippen LogP contribution >= 0.6 is 0 Å². The van der Waals surface area contributed by atoms with Crippen LogP contribution in [0.5, 0.6) is 0 Å². The maximum absolute atomic E-state index is 11.0. The summed E-state index contributed by atoms with van der Waals surface area (Å²) in [6.07, 6.45) is 1.12. The van der Waals surface area contributed by atoms with Crippen LogP contribution in [0.3, 0.4) is 0 Å². The molecule has 1 aliphatic rings. The molecule has 0 amide bonds. The average Bonchev–Trinajstić information content (AvgIpc) is 2.92. The van der Waals surface area contributed by atoms with Crippen LogP contribution in [-0.2, 0) is 0 Å². The normalized spacial score (nSPS) is 18.7. The van der Waals surface area contributed by atoms with E-state index in [0.29, 0.717) is 17.2 Å². The van der Waals surface area contributed by atoms with E-state index < -0.39 is 4.92 Å². The zero-order valence-corrected chi connectivity index (χ0v) is 11.5. The Labute approximate surface area is 118 Å². The topological polar surface area (TPSA) is 82.2 Å². The first-order valence-corrected chi connectivity index (χ1v) is 6.78. The van der Waals surface area contributed by atoms with E-state index in [1.54, 1.807) is 12.1 Å². The lowest BCUT2D eigenvalue weighted by molar-refractivity contribution is -0.384. The van der Waals surface area contributed by atoms with Gasteiger partial charge in [0.1, 0.15) is 5.69 Å². The first kappa shape index (κ1) is 14.3. The van der Waals surface area contributed by atoms with Gasteiger partial charge in [0.2, 0.25) is 0 Å². The molecule has 1 aromatic rings. The van der Waals surface area contributed by atoms with E-state index in [0.717, 1.165) is 32.6 Å². The van der Waals surface area contributed by atoms with Crippen LogP contribution in [0, 0.1) is 27.4 Å². The van der Waals surface area contributed by atoms with Gasteiger partial charge in [0, 0.05) is 19.2 Å². The number of nitriles is 1. The Balaban J connectivity index is 2.03. The van der Waals surface area contributed by atoms with Crippen molar-refractivity contribution in [3.8, 4) is 6.07 Å². The SMILES string of the molecule is CCN1CCC(CNc2ccc(C#N)cc2[N+](=O)[O-])C1. The lowest BCUT2D eigenvalue weighted by Crippen LogP contribution is -2.22. The van der Waals surface area contributed by atoms with Gasteiger partial charge >= 0.3 is 0 Å². The summed E-state index contributed by atoms with van der Waals surface area (Å²) < 4.78 is 0. The summed E-state index contributed by atoms with van der Waals surface area (Å²) in [6, 6.07) is 6.45. The van der Waals surface area contributed by atoms with E-state index in [4.69, 9.17) is 5.26 Å². The fourth-order valence-electron chi connectivity index (χ4n) is 2.52. The molecule has 106 valence electrons. The van der Waals surface area contributed by atoms with Gasteiger partial charge in [-0.05, 0) is 37.6 Å². The van der Waals surface area contributed by atoms with Gasteiger partial charge in [-0.15, -0.1) is 0 Å². The molecule has 1 heterocycles. The fourth-order valence-corrected chi connectivity index (χ4v) is 2.52. The highest BCUT2D eigenvalue weighted by atomic mass is 16.6. The maximum Gasteiger partial charge on any atom is 0.293 e. The molecule has 1 aromatic carbocycles. The van der Waals surface area contributed by atoms with Crippen LogP contribution in [0.15, 0.2) is 18.2 Å². The molecule has 6 nitrogen and oxygen atoms in total. The molecule has 20 heavy (non-hydrogen) atoms. The largest absolute Gasteiger partial charge is 0.379 e. The molecule has 0 bridgehead atoms. The molecule has 0 spiro atoms. The van der Waals surface area contributed by atoms with Crippen LogP contribution in [0.25, 0.3) is 0 Å². The van der Waals surface area contributed by atoms with Gasteiger partial charge in [0.05, 0.1) is 16.6 Å². The zero-order valence-electron chi connectivity index (χ0n) is 11.5. The predicted octanol–water partition coefficient (Wildman–Crippen LogP) is 2.22. The Hall–Kier alpha value is -2.13. The number of hydrogen-bond donors (Lipinski definition) is 1. The van der Waals surface area contributed by atoms with Gasteiger partial charge < -0.3 is 10.2 Å². The number of nitro benzene ring substituents is 1. The van der Waals surface area contributed by atoms with Gasteiger partial charge in [-0.1, -0.05) is 6.92 Å². The van der Waals surface area contributed by atoms with Crippen LogP contribution in [0.4, 0.5) is 11.4 Å². The molecule has 0 saturated carbocycles. The number of anilines is 1.